The number of benzene rings is 1. The quantitative estimate of drug-likeness (QED) is 0.733. The number of hydrogen-bond donors (Lipinski definition) is 0. The molecule has 0 saturated heterocycles. The maximum absolute atomic E-state index is 12.6. The van der Waals surface area contributed by atoms with E-state index < -0.39 is 10.0 Å². The van der Waals surface area contributed by atoms with Crippen molar-refractivity contribution < 1.29 is 8.42 Å². The molecule has 0 unspecified atom stereocenters. The first kappa shape index (κ1) is 16.0. The molecule has 2 aromatic rings. The molecular formula is C14H18ClN3O2S. The lowest BCUT2D eigenvalue weighted by Gasteiger charge is -2.19. The SMILES string of the molecule is CCN(Cc1ccccc1)S(=O)(=O)c1cnn(CCCl)c1. The zero-order valence-electron chi connectivity index (χ0n) is 11.8. The minimum absolute atomic E-state index is 0.199. The van der Waals surface area contributed by atoms with Gasteiger partial charge in [0.1, 0.15) is 4.90 Å². The van der Waals surface area contributed by atoms with E-state index in [1.54, 1.807) is 0 Å². The molecular weight excluding hydrogens is 310 g/mol. The van der Waals surface area contributed by atoms with Gasteiger partial charge in [0.15, 0.2) is 0 Å². The Morgan fingerprint density at radius 2 is 2.00 bits per heavy atom. The van der Waals surface area contributed by atoms with Gasteiger partial charge in [-0.3, -0.25) is 4.68 Å². The van der Waals surface area contributed by atoms with Crippen LogP contribution >= 0.6 is 11.6 Å². The fourth-order valence-electron chi connectivity index (χ4n) is 1.99. The van der Waals surface area contributed by atoms with Crippen LogP contribution in [0.5, 0.6) is 0 Å². The van der Waals surface area contributed by atoms with Gasteiger partial charge < -0.3 is 0 Å². The molecule has 1 aromatic heterocycles. The Balaban J connectivity index is 2.22. The fraction of sp³-hybridized carbons (Fsp3) is 0.357. The summed E-state index contributed by atoms with van der Waals surface area (Å²) in [6.07, 6.45) is 2.89. The monoisotopic (exact) mass is 327 g/mol. The van der Waals surface area contributed by atoms with E-state index >= 15 is 0 Å². The zero-order chi connectivity index (χ0) is 15.3. The van der Waals surface area contributed by atoms with Gasteiger partial charge in [-0.05, 0) is 5.56 Å². The summed E-state index contributed by atoms with van der Waals surface area (Å²) < 4.78 is 28.2. The van der Waals surface area contributed by atoms with Gasteiger partial charge in [-0.15, -0.1) is 11.6 Å². The number of aromatic nitrogens is 2. The van der Waals surface area contributed by atoms with Gasteiger partial charge >= 0.3 is 0 Å². The Hall–Kier alpha value is -1.37. The summed E-state index contributed by atoms with van der Waals surface area (Å²) in [5.74, 6) is 0.392. The molecule has 0 radical (unpaired) electrons. The normalized spacial score (nSPS) is 12.0. The number of aryl methyl sites for hydroxylation is 1. The molecule has 2 rings (SSSR count). The summed E-state index contributed by atoms with van der Waals surface area (Å²) in [4.78, 5) is 0.199. The molecule has 0 atom stereocenters. The maximum atomic E-state index is 12.6. The molecule has 5 nitrogen and oxygen atoms in total. The average molecular weight is 328 g/mol. The molecule has 0 saturated carbocycles. The first-order chi connectivity index (χ1) is 10.1. The highest BCUT2D eigenvalue weighted by Gasteiger charge is 2.24. The van der Waals surface area contributed by atoms with Crippen LogP contribution in [0.4, 0.5) is 0 Å². The third kappa shape index (κ3) is 3.84. The van der Waals surface area contributed by atoms with E-state index in [9.17, 15) is 8.42 Å². The Kier molecular flexibility index (Phi) is 5.39. The molecule has 0 aliphatic heterocycles. The predicted octanol–water partition coefficient (Wildman–Crippen LogP) is 2.33. The molecule has 1 aromatic carbocycles. The standard InChI is InChI=1S/C14H18ClN3O2S/c1-2-18(11-13-6-4-3-5-7-13)21(19,20)14-10-16-17(12-14)9-8-15/h3-7,10,12H,2,8-9,11H2,1H3. The highest BCUT2D eigenvalue weighted by molar-refractivity contribution is 7.89. The van der Waals surface area contributed by atoms with Crippen LogP contribution < -0.4 is 0 Å². The minimum Gasteiger partial charge on any atom is -0.270 e. The number of sulfonamides is 1. The number of rotatable bonds is 7. The van der Waals surface area contributed by atoms with Gasteiger partial charge in [-0.25, -0.2) is 8.42 Å². The van der Waals surface area contributed by atoms with E-state index in [4.69, 9.17) is 11.6 Å². The third-order valence-electron chi connectivity index (χ3n) is 3.12. The van der Waals surface area contributed by atoms with Crippen LogP contribution in [0.15, 0.2) is 47.6 Å². The van der Waals surface area contributed by atoms with Crippen LogP contribution in [-0.4, -0.2) is 34.9 Å². The van der Waals surface area contributed by atoms with E-state index in [0.29, 0.717) is 25.5 Å². The lowest BCUT2D eigenvalue weighted by atomic mass is 10.2. The Morgan fingerprint density at radius 3 is 2.62 bits per heavy atom. The lowest BCUT2D eigenvalue weighted by Crippen LogP contribution is -2.30. The van der Waals surface area contributed by atoms with Gasteiger partial charge in [-0.1, -0.05) is 37.3 Å². The van der Waals surface area contributed by atoms with Gasteiger partial charge in [0, 0.05) is 25.2 Å². The number of alkyl halides is 1. The first-order valence-electron chi connectivity index (χ1n) is 6.70. The molecule has 114 valence electrons. The van der Waals surface area contributed by atoms with Crippen molar-refractivity contribution in [2.45, 2.75) is 24.9 Å². The smallest absolute Gasteiger partial charge is 0.246 e. The molecule has 0 amide bonds. The van der Waals surface area contributed by atoms with Crippen molar-refractivity contribution in [3.63, 3.8) is 0 Å². The van der Waals surface area contributed by atoms with Crippen LogP contribution in [0, 0.1) is 0 Å². The largest absolute Gasteiger partial charge is 0.270 e. The molecule has 21 heavy (non-hydrogen) atoms. The summed E-state index contributed by atoms with van der Waals surface area (Å²) in [7, 11) is -3.54. The molecule has 0 fully saturated rings. The summed E-state index contributed by atoms with van der Waals surface area (Å²) in [5, 5.41) is 4.02. The van der Waals surface area contributed by atoms with Crippen LogP contribution in [0.25, 0.3) is 0 Å². The van der Waals surface area contributed by atoms with E-state index in [1.807, 2.05) is 37.3 Å². The highest BCUT2D eigenvalue weighted by Crippen LogP contribution is 2.17. The van der Waals surface area contributed by atoms with Gasteiger partial charge in [0.05, 0.1) is 12.7 Å². The van der Waals surface area contributed by atoms with Crippen molar-refractivity contribution in [1.82, 2.24) is 14.1 Å². The van der Waals surface area contributed by atoms with E-state index in [1.165, 1.54) is 21.4 Å². The van der Waals surface area contributed by atoms with Crippen molar-refractivity contribution in [2.75, 3.05) is 12.4 Å². The first-order valence-corrected chi connectivity index (χ1v) is 8.68. The lowest BCUT2D eigenvalue weighted by molar-refractivity contribution is 0.423. The molecule has 0 aliphatic rings. The predicted molar refractivity (Wildman–Crippen MR) is 82.7 cm³/mol. The van der Waals surface area contributed by atoms with Gasteiger partial charge in [-0.2, -0.15) is 9.40 Å². The van der Waals surface area contributed by atoms with E-state index in [-0.39, 0.29) is 4.90 Å². The van der Waals surface area contributed by atoms with E-state index in [0.717, 1.165) is 5.56 Å². The molecule has 0 N–H and O–H groups in total. The second-order valence-corrected chi connectivity index (χ2v) is 6.86. The minimum atomic E-state index is -3.54. The fourth-order valence-corrected chi connectivity index (χ4v) is 3.56. The van der Waals surface area contributed by atoms with Crippen molar-refractivity contribution in [1.29, 1.82) is 0 Å². The number of nitrogens with zero attached hydrogens (tertiary/aromatic N) is 3. The molecule has 0 aliphatic carbocycles. The van der Waals surface area contributed by atoms with Crippen LogP contribution in [0.3, 0.4) is 0 Å². The second-order valence-electron chi connectivity index (χ2n) is 4.54. The van der Waals surface area contributed by atoms with Crippen molar-refractivity contribution in [3.8, 4) is 0 Å². The van der Waals surface area contributed by atoms with Crippen LogP contribution in [0.1, 0.15) is 12.5 Å². The summed E-state index contributed by atoms with van der Waals surface area (Å²) >= 11 is 5.64. The van der Waals surface area contributed by atoms with E-state index in [2.05, 4.69) is 5.10 Å². The van der Waals surface area contributed by atoms with Gasteiger partial charge in [0.25, 0.3) is 0 Å². The van der Waals surface area contributed by atoms with Crippen molar-refractivity contribution in [3.05, 3.63) is 48.3 Å². The summed E-state index contributed by atoms with van der Waals surface area (Å²) in [6.45, 7) is 3.06. The molecule has 1 heterocycles. The highest BCUT2D eigenvalue weighted by atomic mass is 35.5. The number of hydrogen-bond acceptors (Lipinski definition) is 3. The summed E-state index contributed by atoms with van der Waals surface area (Å²) in [5.41, 5.74) is 0.955. The molecule has 0 spiro atoms. The Labute approximate surface area is 130 Å². The van der Waals surface area contributed by atoms with Crippen molar-refractivity contribution >= 4 is 21.6 Å². The Bertz CT molecular complexity index is 671. The van der Waals surface area contributed by atoms with Crippen molar-refractivity contribution in [2.24, 2.45) is 0 Å². The van der Waals surface area contributed by atoms with Crippen LogP contribution in [-0.2, 0) is 23.1 Å². The number of halogens is 1. The third-order valence-corrected chi connectivity index (χ3v) is 5.16. The molecule has 0 bridgehead atoms. The maximum Gasteiger partial charge on any atom is 0.246 e. The Morgan fingerprint density at radius 1 is 1.29 bits per heavy atom. The van der Waals surface area contributed by atoms with Crippen LogP contribution in [0.2, 0.25) is 0 Å². The zero-order valence-corrected chi connectivity index (χ0v) is 13.4. The summed E-state index contributed by atoms with van der Waals surface area (Å²) in [6, 6.07) is 9.53. The topological polar surface area (TPSA) is 55.2 Å². The average Bonchev–Trinajstić information content (AvgIpc) is 2.95. The molecule has 7 heteroatoms. The van der Waals surface area contributed by atoms with Gasteiger partial charge in [0.2, 0.25) is 10.0 Å². The second kappa shape index (κ2) is 7.06.